The van der Waals surface area contributed by atoms with E-state index in [0.717, 1.165) is 6.42 Å². The molecule has 0 aliphatic carbocycles. The van der Waals surface area contributed by atoms with Crippen LogP contribution in [-0.2, 0) is 4.79 Å². The molecule has 1 aromatic rings. The lowest BCUT2D eigenvalue weighted by Gasteiger charge is -2.15. The average molecular weight is 249 g/mol. The third-order valence-corrected chi connectivity index (χ3v) is 2.41. The highest BCUT2D eigenvalue weighted by Crippen LogP contribution is 2.14. The van der Waals surface area contributed by atoms with Gasteiger partial charge in [0.2, 0.25) is 5.91 Å². The molecule has 1 aromatic carbocycles. The number of hydrogen-bond acceptors (Lipinski definition) is 3. The molecule has 96 valence electrons. The second-order valence-electron chi connectivity index (χ2n) is 3.96. The lowest BCUT2D eigenvalue weighted by atomic mass is 10.2. The molecule has 1 unspecified atom stereocenters. The van der Waals surface area contributed by atoms with Crippen molar-refractivity contribution in [2.45, 2.75) is 26.3 Å². The van der Waals surface area contributed by atoms with Crippen molar-refractivity contribution in [1.29, 1.82) is 5.26 Å². The summed E-state index contributed by atoms with van der Waals surface area (Å²) in [6.07, 6.45) is 0.869. The number of carbonyl (C=O) groups is 1. The van der Waals surface area contributed by atoms with E-state index in [9.17, 15) is 9.18 Å². The van der Waals surface area contributed by atoms with Gasteiger partial charge in [-0.3, -0.25) is 4.79 Å². The van der Waals surface area contributed by atoms with Gasteiger partial charge in [-0.25, -0.2) is 4.39 Å². The standard InChI is InChI=1S/C13H16FN3O/c1-3-6-16-13(18)9(2)17-11-4-5-12(14)10(7-11)8-15/h4-5,7,9,17H,3,6H2,1-2H3,(H,16,18). The molecular formula is C13H16FN3O. The van der Waals surface area contributed by atoms with E-state index in [0.29, 0.717) is 12.2 Å². The molecule has 1 atom stereocenters. The first kappa shape index (κ1) is 14.0. The molecule has 1 rings (SSSR count). The fraction of sp³-hybridized carbons (Fsp3) is 0.385. The molecule has 4 nitrogen and oxygen atoms in total. The van der Waals surface area contributed by atoms with Crippen molar-refractivity contribution < 1.29 is 9.18 Å². The molecule has 0 saturated heterocycles. The molecule has 0 aliphatic heterocycles. The highest BCUT2D eigenvalue weighted by atomic mass is 19.1. The van der Waals surface area contributed by atoms with Crippen molar-refractivity contribution in [2.24, 2.45) is 0 Å². The summed E-state index contributed by atoms with van der Waals surface area (Å²) in [6, 6.07) is 5.41. The van der Waals surface area contributed by atoms with Crippen LogP contribution in [0.25, 0.3) is 0 Å². The van der Waals surface area contributed by atoms with Crippen LogP contribution in [0.15, 0.2) is 18.2 Å². The first-order valence-electron chi connectivity index (χ1n) is 5.82. The number of rotatable bonds is 5. The maximum Gasteiger partial charge on any atom is 0.242 e. The number of hydrogen-bond donors (Lipinski definition) is 2. The van der Waals surface area contributed by atoms with E-state index in [4.69, 9.17) is 5.26 Å². The maximum atomic E-state index is 13.1. The van der Waals surface area contributed by atoms with Crippen LogP contribution in [0.2, 0.25) is 0 Å². The number of carbonyl (C=O) groups excluding carboxylic acids is 1. The van der Waals surface area contributed by atoms with Crippen molar-refractivity contribution in [1.82, 2.24) is 5.32 Å². The van der Waals surface area contributed by atoms with E-state index < -0.39 is 11.9 Å². The largest absolute Gasteiger partial charge is 0.374 e. The van der Waals surface area contributed by atoms with Gasteiger partial charge in [-0.05, 0) is 31.5 Å². The number of nitrogens with zero attached hydrogens (tertiary/aromatic N) is 1. The number of benzene rings is 1. The highest BCUT2D eigenvalue weighted by Gasteiger charge is 2.12. The Bertz CT molecular complexity index is 468. The molecule has 0 spiro atoms. The first-order valence-corrected chi connectivity index (χ1v) is 5.82. The number of halogens is 1. The summed E-state index contributed by atoms with van der Waals surface area (Å²) in [5.41, 5.74) is 0.508. The zero-order chi connectivity index (χ0) is 13.5. The van der Waals surface area contributed by atoms with E-state index in [2.05, 4.69) is 10.6 Å². The zero-order valence-corrected chi connectivity index (χ0v) is 10.5. The molecule has 0 heterocycles. The molecule has 0 aromatic heterocycles. The van der Waals surface area contributed by atoms with Gasteiger partial charge < -0.3 is 10.6 Å². The summed E-state index contributed by atoms with van der Waals surface area (Å²) in [7, 11) is 0. The topological polar surface area (TPSA) is 64.9 Å². The molecule has 0 radical (unpaired) electrons. The van der Waals surface area contributed by atoms with Gasteiger partial charge in [0.1, 0.15) is 17.9 Å². The SMILES string of the molecule is CCCNC(=O)C(C)Nc1ccc(F)c(C#N)c1. The Labute approximate surface area is 106 Å². The summed E-state index contributed by atoms with van der Waals surface area (Å²) in [5, 5.41) is 14.4. The number of anilines is 1. The van der Waals surface area contributed by atoms with Gasteiger partial charge in [-0.1, -0.05) is 6.92 Å². The van der Waals surface area contributed by atoms with Gasteiger partial charge in [0, 0.05) is 12.2 Å². The molecule has 0 aliphatic rings. The second kappa shape index (κ2) is 6.60. The Kier molecular flexibility index (Phi) is 5.12. The first-order chi connectivity index (χ1) is 8.58. The van der Waals surface area contributed by atoms with Gasteiger partial charge in [0.15, 0.2) is 0 Å². The summed E-state index contributed by atoms with van der Waals surface area (Å²) in [5.74, 6) is -0.689. The van der Waals surface area contributed by atoms with E-state index in [-0.39, 0.29) is 11.5 Å². The number of nitrogens with one attached hydrogen (secondary N) is 2. The van der Waals surface area contributed by atoms with Crippen LogP contribution < -0.4 is 10.6 Å². The minimum Gasteiger partial charge on any atom is -0.374 e. The lowest BCUT2D eigenvalue weighted by Crippen LogP contribution is -2.37. The molecule has 2 N–H and O–H groups in total. The Hall–Kier alpha value is -2.09. The van der Waals surface area contributed by atoms with Crippen LogP contribution in [-0.4, -0.2) is 18.5 Å². The predicted octanol–water partition coefficient (Wildman–Crippen LogP) is 2.02. The zero-order valence-electron chi connectivity index (χ0n) is 10.5. The van der Waals surface area contributed by atoms with Crippen LogP contribution >= 0.6 is 0 Å². The fourth-order valence-electron chi connectivity index (χ4n) is 1.42. The van der Waals surface area contributed by atoms with Gasteiger partial charge in [-0.15, -0.1) is 0 Å². The van der Waals surface area contributed by atoms with Gasteiger partial charge in [-0.2, -0.15) is 5.26 Å². The van der Waals surface area contributed by atoms with Crippen LogP contribution in [0.5, 0.6) is 0 Å². The third-order valence-electron chi connectivity index (χ3n) is 2.41. The highest BCUT2D eigenvalue weighted by molar-refractivity contribution is 5.84. The minimum absolute atomic E-state index is 0.0406. The lowest BCUT2D eigenvalue weighted by molar-refractivity contribution is -0.121. The molecule has 5 heteroatoms. The monoisotopic (exact) mass is 249 g/mol. The Morgan fingerprint density at radius 2 is 2.28 bits per heavy atom. The van der Waals surface area contributed by atoms with E-state index in [1.54, 1.807) is 13.0 Å². The van der Waals surface area contributed by atoms with E-state index in [1.807, 2.05) is 6.92 Å². The van der Waals surface area contributed by atoms with Crippen molar-refractivity contribution >= 4 is 11.6 Å². The Balaban J connectivity index is 2.67. The van der Waals surface area contributed by atoms with Crippen molar-refractivity contribution in [3.63, 3.8) is 0 Å². The minimum atomic E-state index is -0.564. The Morgan fingerprint density at radius 3 is 2.89 bits per heavy atom. The number of nitriles is 1. The van der Waals surface area contributed by atoms with Crippen LogP contribution in [0.4, 0.5) is 10.1 Å². The van der Waals surface area contributed by atoms with Gasteiger partial charge in [0.05, 0.1) is 5.56 Å². The van der Waals surface area contributed by atoms with Crippen molar-refractivity contribution in [3.05, 3.63) is 29.6 Å². The van der Waals surface area contributed by atoms with Crippen molar-refractivity contribution in [2.75, 3.05) is 11.9 Å². The fourth-order valence-corrected chi connectivity index (χ4v) is 1.42. The van der Waals surface area contributed by atoms with E-state index >= 15 is 0 Å². The summed E-state index contributed by atoms with van der Waals surface area (Å²) >= 11 is 0. The molecule has 0 bridgehead atoms. The second-order valence-corrected chi connectivity index (χ2v) is 3.96. The number of amides is 1. The Morgan fingerprint density at radius 1 is 1.56 bits per heavy atom. The summed E-state index contributed by atoms with van der Waals surface area (Å²) < 4.78 is 13.1. The normalized spacial score (nSPS) is 11.4. The predicted molar refractivity (Wildman–Crippen MR) is 67.5 cm³/mol. The van der Waals surface area contributed by atoms with Gasteiger partial charge in [0.25, 0.3) is 0 Å². The molecule has 0 fully saturated rings. The summed E-state index contributed by atoms with van der Waals surface area (Å²) in [4.78, 5) is 11.6. The van der Waals surface area contributed by atoms with E-state index in [1.165, 1.54) is 18.2 Å². The van der Waals surface area contributed by atoms with Crippen LogP contribution in [0.1, 0.15) is 25.8 Å². The smallest absolute Gasteiger partial charge is 0.242 e. The van der Waals surface area contributed by atoms with Crippen LogP contribution in [0, 0.1) is 17.1 Å². The van der Waals surface area contributed by atoms with Gasteiger partial charge >= 0.3 is 0 Å². The third kappa shape index (κ3) is 3.74. The quantitative estimate of drug-likeness (QED) is 0.839. The maximum absolute atomic E-state index is 13.1. The molecule has 1 amide bonds. The van der Waals surface area contributed by atoms with Crippen LogP contribution in [0.3, 0.4) is 0 Å². The average Bonchev–Trinajstić information content (AvgIpc) is 2.37. The molecule has 0 saturated carbocycles. The van der Waals surface area contributed by atoms with Crippen molar-refractivity contribution in [3.8, 4) is 6.07 Å². The molecule has 18 heavy (non-hydrogen) atoms. The summed E-state index contributed by atoms with van der Waals surface area (Å²) in [6.45, 7) is 4.30. The molecular weight excluding hydrogens is 233 g/mol.